The van der Waals surface area contributed by atoms with Gasteiger partial charge in [-0.2, -0.15) is 0 Å². The van der Waals surface area contributed by atoms with Crippen LogP contribution in [0.1, 0.15) is 39.2 Å². The smallest absolute Gasteiger partial charge is 0.163 e. The van der Waals surface area contributed by atoms with Crippen molar-refractivity contribution < 1.29 is 4.79 Å². The van der Waals surface area contributed by atoms with E-state index in [1.165, 1.54) is 0 Å². The third kappa shape index (κ3) is 3.78. The molecule has 0 saturated carbocycles. The zero-order chi connectivity index (χ0) is 14.3. The van der Waals surface area contributed by atoms with E-state index < -0.39 is 0 Å². The summed E-state index contributed by atoms with van der Waals surface area (Å²) in [6.07, 6.45) is 5.18. The molecule has 1 nitrogen and oxygen atoms in total. The van der Waals surface area contributed by atoms with Crippen molar-refractivity contribution in [1.29, 1.82) is 0 Å². The molecule has 0 radical (unpaired) electrons. The second-order valence-electron chi connectivity index (χ2n) is 4.42. The number of Topliss-reactive ketones (excluding diaryl/α,β-unsaturated/α-hetero) is 1. The van der Waals surface area contributed by atoms with Crippen molar-refractivity contribution in [3.05, 3.63) is 65.8 Å². The van der Waals surface area contributed by atoms with Gasteiger partial charge in [0.2, 0.25) is 0 Å². The zero-order valence-corrected chi connectivity index (χ0v) is 12.1. The van der Waals surface area contributed by atoms with Crippen LogP contribution in [-0.2, 0) is 4.79 Å². The van der Waals surface area contributed by atoms with E-state index in [2.05, 4.69) is 13.5 Å². The lowest BCUT2D eigenvalue weighted by molar-refractivity contribution is -0.113. The summed E-state index contributed by atoms with van der Waals surface area (Å²) in [6.45, 7) is 9.77. The van der Waals surface area contributed by atoms with Crippen LogP contribution in [0.3, 0.4) is 0 Å². The quantitative estimate of drug-likeness (QED) is 0.518. The van der Waals surface area contributed by atoms with Crippen molar-refractivity contribution in [3.8, 4) is 0 Å². The van der Waals surface area contributed by atoms with Crippen molar-refractivity contribution in [2.45, 2.75) is 33.6 Å². The summed E-state index contributed by atoms with van der Waals surface area (Å²) in [4.78, 5) is 12.3. The molecule has 1 heteroatoms. The van der Waals surface area contributed by atoms with E-state index in [-0.39, 0.29) is 5.78 Å². The van der Waals surface area contributed by atoms with Gasteiger partial charge < -0.3 is 0 Å². The Hall–Kier alpha value is -1.89. The van der Waals surface area contributed by atoms with Gasteiger partial charge in [-0.1, -0.05) is 62.9 Å². The van der Waals surface area contributed by atoms with Gasteiger partial charge in [-0.3, -0.25) is 4.79 Å². The third-order valence-electron chi connectivity index (χ3n) is 3.22. The minimum absolute atomic E-state index is 0.187. The average molecular weight is 254 g/mol. The largest absolute Gasteiger partial charge is 0.294 e. The van der Waals surface area contributed by atoms with Gasteiger partial charge in [0.05, 0.1) is 0 Å². The molecule has 0 amide bonds. The fourth-order valence-electron chi connectivity index (χ4n) is 2.18. The van der Waals surface area contributed by atoms with Crippen molar-refractivity contribution in [2.24, 2.45) is 0 Å². The molecule has 1 aromatic rings. The number of carbonyl (C=O) groups excluding carboxylic acids is 1. The van der Waals surface area contributed by atoms with E-state index >= 15 is 0 Å². The van der Waals surface area contributed by atoms with Gasteiger partial charge in [0.1, 0.15) is 0 Å². The molecule has 0 spiro atoms. The molecule has 1 rings (SSSR count). The van der Waals surface area contributed by atoms with Crippen LogP contribution in [0.2, 0.25) is 0 Å². The SMILES string of the molecule is C=C/C=C(CC)/C(C)=C(/C(=O)CC)c1ccccc1. The Labute approximate surface area is 116 Å². The molecule has 0 saturated heterocycles. The number of rotatable bonds is 6. The normalized spacial score (nSPS) is 12.9. The first-order chi connectivity index (χ1) is 9.15. The molecule has 0 unspecified atom stereocenters. The van der Waals surface area contributed by atoms with Crippen LogP contribution >= 0.6 is 0 Å². The van der Waals surface area contributed by atoms with E-state index in [1.807, 2.05) is 50.3 Å². The fraction of sp³-hybridized carbons (Fsp3) is 0.278. The van der Waals surface area contributed by atoms with Crippen LogP contribution in [0.25, 0.3) is 5.57 Å². The Bertz CT molecular complexity index is 504. The lowest BCUT2D eigenvalue weighted by Gasteiger charge is -2.13. The highest BCUT2D eigenvalue weighted by molar-refractivity contribution is 6.22. The molecule has 0 aliphatic rings. The van der Waals surface area contributed by atoms with E-state index in [9.17, 15) is 4.79 Å². The number of allylic oxidation sites excluding steroid dienone is 5. The average Bonchev–Trinajstić information content (AvgIpc) is 2.45. The van der Waals surface area contributed by atoms with Gasteiger partial charge >= 0.3 is 0 Å². The predicted octanol–water partition coefficient (Wildman–Crippen LogP) is 4.96. The molecular weight excluding hydrogens is 232 g/mol. The van der Waals surface area contributed by atoms with E-state index in [4.69, 9.17) is 0 Å². The lowest BCUT2D eigenvalue weighted by atomic mass is 9.90. The second kappa shape index (κ2) is 7.52. The van der Waals surface area contributed by atoms with E-state index in [0.29, 0.717) is 6.42 Å². The lowest BCUT2D eigenvalue weighted by Crippen LogP contribution is -2.04. The highest BCUT2D eigenvalue weighted by Gasteiger charge is 2.14. The van der Waals surface area contributed by atoms with Crippen molar-refractivity contribution in [2.75, 3.05) is 0 Å². The molecule has 0 fully saturated rings. The van der Waals surface area contributed by atoms with Gasteiger partial charge in [0.15, 0.2) is 5.78 Å². The maximum absolute atomic E-state index is 12.3. The summed E-state index contributed by atoms with van der Waals surface area (Å²) in [5.41, 5.74) is 4.05. The van der Waals surface area contributed by atoms with Crippen LogP contribution in [0, 0.1) is 0 Å². The number of hydrogen-bond acceptors (Lipinski definition) is 1. The van der Waals surface area contributed by atoms with E-state index in [1.54, 1.807) is 6.08 Å². The third-order valence-corrected chi connectivity index (χ3v) is 3.22. The molecule has 0 aliphatic heterocycles. The topological polar surface area (TPSA) is 17.1 Å². The van der Waals surface area contributed by atoms with Crippen LogP contribution in [0.15, 0.2) is 60.2 Å². The zero-order valence-electron chi connectivity index (χ0n) is 12.1. The molecule has 100 valence electrons. The van der Waals surface area contributed by atoms with Crippen LogP contribution in [0.5, 0.6) is 0 Å². The number of ketones is 1. The highest BCUT2D eigenvalue weighted by Crippen LogP contribution is 2.27. The summed E-state index contributed by atoms with van der Waals surface area (Å²) in [5, 5.41) is 0. The van der Waals surface area contributed by atoms with Crippen LogP contribution in [0.4, 0.5) is 0 Å². The second-order valence-corrected chi connectivity index (χ2v) is 4.42. The standard InChI is InChI=1S/C18H22O/c1-5-11-15(6-2)14(4)18(17(19)7-3)16-12-9-8-10-13-16/h5,8-13H,1,6-7H2,2-4H3/b15-11+,18-14+. The summed E-state index contributed by atoms with van der Waals surface area (Å²) in [5.74, 6) is 0.187. The molecule has 19 heavy (non-hydrogen) atoms. The van der Waals surface area contributed by atoms with Crippen molar-refractivity contribution in [3.63, 3.8) is 0 Å². The minimum atomic E-state index is 0.187. The molecule has 0 aromatic heterocycles. The fourth-order valence-corrected chi connectivity index (χ4v) is 2.18. The molecule has 0 aliphatic carbocycles. The Morgan fingerprint density at radius 3 is 2.26 bits per heavy atom. The summed E-state index contributed by atoms with van der Waals surface area (Å²) >= 11 is 0. The van der Waals surface area contributed by atoms with Crippen LogP contribution in [-0.4, -0.2) is 5.78 Å². The highest BCUT2D eigenvalue weighted by atomic mass is 16.1. The van der Waals surface area contributed by atoms with Gasteiger partial charge in [-0.25, -0.2) is 0 Å². The van der Waals surface area contributed by atoms with Gasteiger partial charge in [0.25, 0.3) is 0 Å². The summed E-state index contributed by atoms with van der Waals surface area (Å²) < 4.78 is 0. The first-order valence-corrected chi connectivity index (χ1v) is 6.77. The number of benzene rings is 1. The van der Waals surface area contributed by atoms with Gasteiger partial charge in [-0.05, 0) is 30.1 Å². The molecule has 0 atom stereocenters. The molecule has 1 aromatic carbocycles. The maximum Gasteiger partial charge on any atom is 0.163 e. The molecular formula is C18H22O. The van der Waals surface area contributed by atoms with Gasteiger partial charge in [-0.15, -0.1) is 0 Å². The van der Waals surface area contributed by atoms with Crippen LogP contribution < -0.4 is 0 Å². The Morgan fingerprint density at radius 2 is 1.79 bits per heavy atom. The number of hydrogen-bond donors (Lipinski definition) is 0. The Kier molecular flexibility index (Phi) is 6.01. The van der Waals surface area contributed by atoms with E-state index in [0.717, 1.165) is 28.7 Å². The predicted molar refractivity (Wildman–Crippen MR) is 82.9 cm³/mol. The number of carbonyl (C=O) groups is 1. The molecule has 0 heterocycles. The monoisotopic (exact) mass is 254 g/mol. The summed E-state index contributed by atoms with van der Waals surface area (Å²) in [6, 6.07) is 9.89. The van der Waals surface area contributed by atoms with Crippen molar-refractivity contribution >= 4 is 11.4 Å². The van der Waals surface area contributed by atoms with Gasteiger partial charge in [0, 0.05) is 12.0 Å². The molecule has 0 N–H and O–H groups in total. The minimum Gasteiger partial charge on any atom is -0.294 e. The first kappa shape index (κ1) is 15.2. The molecule has 0 bridgehead atoms. The first-order valence-electron chi connectivity index (χ1n) is 6.77. The van der Waals surface area contributed by atoms with Crippen molar-refractivity contribution in [1.82, 2.24) is 0 Å². The Balaban J connectivity index is 3.43. The summed E-state index contributed by atoms with van der Waals surface area (Å²) in [7, 11) is 0. The maximum atomic E-state index is 12.3. The Morgan fingerprint density at radius 1 is 1.16 bits per heavy atom.